The molecule has 1 aromatic rings. The summed E-state index contributed by atoms with van der Waals surface area (Å²) in [4.78, 5) is 11.8. The molecule has 128 valence electrons. The Morgan fingerprint density at radius 3 is 2.61 bits per heavy atom. The molecule has 1 aliphatic rings. The lowest BCUT2D eigenvalue weighted by Gasteiger charge is -2.16. The number of hydrogen-bond acceptors (Lipinski definition) is 6. The SMILES string of the molecule is CCOC(=O)c1nn(C)c2c1C=C(OS(=O)(=O)C(F)(F)F)CC2. The van der Waals surface area contributed by atoms with E-state index in [4.69, 9.17) is 4.74 Å². The van der Waals surface area contributed by atoms with Gasteiger partial charge >= 0.3 is 21.6 Å². The summed E-state index contributed by atoms with van der Waals surface area (Å²) in [5.74, 6) is -1.16. The van der Waals surface area contributed by atoms with Gasteiger partial charge in [0.15, 0.2) is 5.69 Å². The summed E-state index contributed by atoms with van der Waals surface area (Å²) in [6.07, 6.45) is 1.18. The highest BCUT2D eigenvalue weighted by atomic mass is 32.2. The van der Waals surface area contributed by atoms with Crippen LogP contribution in [-0.2, 0) is 32.5 Å². The van der Waals surface area contributed by atoms with E-state index < -0.39 is 27.4 Å². The molecular weight excluding hydrogens is 341 g/mol. The Morgan fingerprint density at radius 2 is 2.04 bits per heavy atom. The van der Waals surface area contributed by atoms with Gasteiger partial charge in [0, 0.05) is 24.7 Å². The summed E-state index contributed by atoms with van der Waals surface area (Å²) in [6, 6.07) is 0. The standard InChI is InChI=1S/C12H13F3N2O5S/c1-3-21-11(18)10-8-6-7(4-5-9(8)17(2)16-10)22-23(19,20)12(13,14)15/h6H,3-5H2,1-2H3. The van der Waals surface area contributed by atoms with E-state index in [0.717, 1.165) is 6.08 Å². The minimum atomic E-state index is -5.75. The number of ether oxygens (including phenoxy) is 1. The molecule has 0 aliphatic heterocycles. The lowest BCUT2D eigenvalue weighted by atomic mass is 10.0. The average Bonchev–Trinajstić information content (AvgIpc) is 2.74. The minimum absolute atomic E-state index is 0.0654. The number of halogens is 3. The number of aryl methyl sites for hydroxylation is 1. The van der Waals surface area contributed by atoms with E-state index in [1.807, 2.05) is 0 Å². The van der Waals surface area contributed by atoms with Gasteiger partial charge in [-0.2, -0.15) is 26.7 Å². The van der Waals surface area contributed by atoms with E-state index in [0.29, 0.717) is 5.69 Å². The maximum atomic E-state index is 12.4. The van der Waals surface area contributed by atoms with Crippen LogP contribution in [0, 0.1) is 0 Å². The van der Waals surface area contributed by atoms with E-state index in [2.05, 4.69) is 9.28 Å². The molecule has 7 nitrogen and oxygen atoms in total. The first-order valence-corrected chi connectivity index (χ1v) is 7.92. The number of allylic oxidation sites excluding steroid dienone is 1. The van der Waals surface area contributed by atoms with Crippen molar-refractivity contribution >= 4 is 22.2 Å². The largest absolute Gasteiger partial charge is 0.534 e. The van der Waals surface area contributed by atoms with Gasteiger partial charge in [-0.15, -0.1) is 0 Å². The van der Waals surface area contributed by atoms with Gasteiger partial charge in [-0.3, -0.25) is 4.68 Å². The van der Waals surface area contributed by atoms with E-state index in [9.17, 15) is 26.4 Å². The molecule has 0 bridgehead atoms. The highest BCUT2D eigenvalue weighted by Gasteiger charge is 2.49. The second-order valence-corrected chi connectivity index (χ2v) is 6.18. The van der Waals surface area contributed by atoms with Crippen molar-refractivity contribution in [2.24, 2.45) is 7.05 Å². The molecule has 23 heavy (non-hydrogen) atoms. The Hall–Kier alpha value is -2.04. The Kier molecular flexibility index (Phi) is 4.42. The van der Waals surface area contributed by atoms with Crippen LogP contribution in [0.1, 0.15) is 35.1 Å². The molecule has 0 aromatic carbocycles. The predicted molar refractivity (Wildman–Crippen MR) is 71.5 cm³/mol. The molecule has 0 radical (unpaired) electrons. The van der Waals surface area contributed by atoms with Gasteiger partial charge in [-0.1, -0.05) is 0 Å². The van der Waals surface area contributed by atoms with Gasteiger partial charge in [0.05, 0.1) is 6.61 Å². The second-order valence-electron chi connectivity index (χ2n) is 4.65. The fourth-order valence-electron chi connectivity index (χ4n) is 2.10. The number of carbonyl (C=O) groups excluding carboxylic acids is 1. The molecule has 0 atom stereocenters. The van der Waals surface area contributed by atoms with Crippen molar-refractivity contribution in [1.29, 1.82) is 0 Å². The summed E-state index contributed by atoms with van der Waals surface area (Å²) in [6.45, 7) is 1.69. The quantitative estimate of drug-likeness (QED) is 0.465. The Morgan fingerprint density at radius 1 is 1.39 bits per heavy atom. The summed E-state index contributed by atoms with van der Waals surface area (Å²) >= 11 is 0. The number of alkyl halides is 3. The molecule has 0 unspecified atom stereocenters. The smallest absolute Gasteiger partial charge is 0.461 e. The molecule has 0 amide bonds. The van der Waals surface area contributed by atoms with Crippen LogP contribution < -0.4 is 0 Å². The fourth-order valence-corrected chi connectivity index (χ4v) is 2.61. The van der Waals surface area contributed by atoms with Crippen molar-refractivity contribution < 1.29 is 35.3 Å². The van der Waals surface area contributed by atoms with Crippen LogP contribution in [0.2, 0.25) is 0 Å². The molecular formula is C12H13F3N2O5S. The van der Waals surface area contributed by atoms with Crippen molar-refractivity contribution in [1.82, 2.24) is 9.78 Å². The number of hydrogen-bond donors (Lipinski definition) is 0. The zero-order valence-electron chi connectivity index (χ0n) is 12.2. The lowest BCUT2D eigenvalue weighted by Crippen LogP contribution is -2.25. The molecule has 1 aromatic heterocycles. The fraction of sp³-hybridized carbons (Fsp3) is 0.500. The van der Waals surface area contributed by atoms with E-state index >= 15 is 0 Å². The third kappa shape index (κ3) is 3.33. The average molecular weight is 354 g/mol. The van der Waals surface area contributed by atoms with Crippen LogP contribution in [-0.4, -0.2) is 36.3 Å². The summed E-state index contributed by atoms with van der Waals surface area (Å²) in [7, 11) is -4.18. The molecule has 0 fully saturated rings. The molecule has 11 heteroatoms. The van der Waals surface area contributed by atoms with Crippen molar-refractivity contribution in [2.45, 2.75) is 25.3 Å². The Labute approximate surface area is 129 Å². The maximum Gasteiger partial charge on any atom is 0.534 e. The second kappa shape index (κ2) is 5.87. The molecule has 0 saturated carbocycles. The first kappa shape index (κ1) is 17.3. The number of aromatic nitrogens is 2. The number of carbonyl (C=O) groups is 1. The highest BCUT2D eigenvalue weighted by Crippen LogP contribution is 2.32. The third-order valence-corrected chi connectivity index (χ3v) is 4.09. The Balaban J connectivity index is 2.39. The lowest BCUT2D eigenvalue weighted by molar-refractivity contribution is -0.0523. The number of esters is 1. The van der Waals surface area contributed by atoms with E-state index in [1.165, 1.54) is 4.68 Å². The first-order valence-electron chi connectivity index (χ1n) is 6.51. The van der Waals surface area contributed by atoms with Gasteiger partial charge in [0.25, 0.3) is 0 Å². The molecule has 0 N–H and O–H groups in total. The first-order chi connectivity index (χ1) is 10.6. The maximum absolute atomic E-state index is 12.4. The minimum Gasteiger partial charge on any atom is -0.461 e. The molecule has 1 aliphatic carbocycles. The zero-order valence-corrected chi connectivity index (χ0v) is 13.0. The van der Waals surface area contributed by atoms with Crippen LogP contribution in [0.4, 0.5) is 13.2 Å². The zero-order chi connectivity index (χ0) is 17.4. The van der Waals surface area contributed by atoms with E-state index in [-0.39, 0.29) is 30.7 Å². The van der Waals surface area contributed by atoms with Crippen molar-refractivity contribution in [3.05, 3.63) is 22.7 Å². The summed E-state index contributed by atoms with van der Waals surface area (Å²) in [5.41, 5.74) is -4.85. The molecule has 0 spiro atoms. The summed E-state index contributed by atoms with van der Waals surface area (Å²) < 4.78 is 69.5. The monoisotopic (exact) mass is 354 g/mol. The van der Waals surface area contributed by atoms with Crippen molar-refractivity contribution in [3.8, 4) is 0 Å². The van der Waals surface area contributed by atoms with Gasteiger partial charge in [0.1, 0.15) is 5.76 Å². The predicted octanol–water partition coefficient (Wildman–Crippen LogP) is 1.75. The highest BCUT2D eigenvalue weighted by molar-refractivity contribution is 7.87. The van der Waals surface area contributed by atoms with Gasteiger partial charge < -0.3 is 8.92 Å². The van der Waals surface area contributed by atoms with E-state index in [1.54, 1.807) is 14.0 Å². The summed E-state index contributed by atoms with van der Waals surface area (Å²) in [5, 5.41) is 3.96. The molecule has 0 saturated heterocycles. The number of rotatable bonds is 4. The molecule has 1 heterocycles. The normalized spacial score (nSPS) is 14.9. The topological polar surface area (TPSA) is 87.5 Å². The third-order valence-electron chi connectivity index (χ3n) is 3.09. The van der Waals surface area contributed by atoms with Crippen LogP contribution in [0.25, 0.3) is 6.08 Å². The molecule has 2 rings (SSSR count). The van der Waals surface area contributed by atoms with Gasteiger partial charge in [-0.25, -0.2) is 4.79 Å². The van der Waals surface area contributed by atoms with Gasteiger partial charge in [0.2, 0.25) is 0 Å². The number of fused-ring (bicyclic) bond motifs is 1. The van der Waals surface area contributed by atoms with Crippen LogP contribution in [0.15, 0.2) is 5.76 Å². The van der Waals surface area contributed by atoms with Crippen LogP contribution >= 0.6 is 0 Å². The number of nitrogens with zero attached hydrogens (tertiary/aromatic N) is 2. The van der Waals surface area contributed by atoms with Crippen molar-refractivity contribution in [3.63, 3.8) is 0 Å². The van der Waals surface area contributed by atoms with Crippen LogP contribution in [0.3, 0.4) is 0 Å². The van der Waals surface area contributed by atoms with Gasteiger partial charge in [-0.05, 0) is 19.4 Å². The van der Waals surface area contributed by atoms with Crippen LogP contribution in [0.5, 0.6) is 0 Å². The Bertz CT molecular complexity index is 764. The van der Waals surface area contributed by atoms with Crippen molar-refractivity contribution in [2.75, 3.05) is 6.61 Å².